The Morgan fingerprint density at radius 2 is 1.45 bits per heavy atom. The van der Waals surface area contributed by atoms with E-state index in [1.165, 1.54) is 0 Å². The first kappa shape index (κ1) is 7.99. The lowest BCUT2D eigenvalue weighted by Crippen LogP contribution is -2.02. The predicted octanol–water partition coefficient (Wildman–Crippen LogP) is -0.0378. The van der Waals surface area contributed by atoms with E-state index >= 15 is 0 Å². The summed E-state index contributed by atoms with van der Waals surface area (Å²) in [5.41, 5.74) is 1.14. The molecule has 0 bridgehead atoms. The third-order valence-corrected chi connectivity index (χ3v) is 1.50. The molecule has 0 aliphatic heterocycles. The minimum atomic E-state index is 0.835. The predicted molar refractivity (Wildman–Crippen MR) is 47.7 cm³/mol. The van der Waals surface area contributed by atoms with Crippen LogP contribution in [0.1, 0.15) is 0 Å². The fourth-order valence-corrected chi connectivity index (χ4v) is 0.950. The highest BCUT2D eigenvalue weighted by Crippen LogP contribution is 2.16. The largest absolute Gasteiger partial charge is 0.497 e. The molecule has 0 saturated heterocycles. The smallest absolute Gasteiger partial charge is 0.139 e. The maximum absolute atomic E-state index is 5.06. The first-order valence-corrected chi connectivity index (χ1v) is 3.46. The highest BCUT2D eigenvalue weighted by molar-refractivity contribution is 6.32. The zero-order chi connectivity index (χ0) is 8.27. The van der Waals surface area contributed by atoms with Crippen LogP contribution >= 0.6 is 0 Å². The van der Waals surface area contributed by atoms with E-state index in [1.54, 1.807) is 14.2 Å². The van der Waals surface area contributed by atoms with Crippen LogP contribution in [0.15, 0.2) is 18.2 Å². The molecule has 0 radical (unpaired) electrons. The van der Waals surface area contributed by atoms with Gasteiger partial charge in [0.25, 0.3) is 0 Å². The Bertz CT molecular complexity index is 226. The van der Waals surface area contributed by atoms with Gasteiger partial charge in [-0.1, -0.05) is 5.46 Å². The van der Waals surface area contributed by atoms with Crippen molar-refractivity contribution in [3.63, 3.8) is 0 Å². The second-order valence-electron chi connectivity index (χ2n) is 2.39. The molecule has 0 spiro atoms. The number of rotatable bonds is 2. The summed E-state index contributed by atoms with van der Waals surface area (Å²) in [6, 6.07) is 5.78. The van der Waals surface area contributed by atoms with Crippen molar-refractivity contribution in [2.75, 3.05) is 14.2 Å². The second-order valence-corrected chi connectivity index (χ2v) is 2.39. The van der Waals surface area contributed by atoms with Crippen molar-refractivity contribution in [3.05, 3.63) is 18.2 Å². The lowest BCUT2D eigenvalue weighted by atomic mass is 9.96. The van der Waals surface area contributed by atoms with Crippen LogP contribution in [0.5, 0.6) is 11.5 Å². The van der Waals surface area contributed by atoms with E-state index < -0.39 is 0 Å². The summed E-state index contributed by atoms with van der Waals surface area (Å²) in [5, 5.41) is 0. The molecule has 0 heterocycles. The van der Waals surface area contributed by atoms with Crippen molar-refractivity contribution in [2.45, 2.75) is 0 Å². The topological polar surface area (TPSA) is 18.5 Å². The number of methoxy groups -OCH3 is 2. The first-order chi connectivity index (χ1) is 5.26. The van der Waals surface area contributed by atoms with Gasteiger partial charge in [0.1, 0.15) is 19.3 Å². The lowest BCUT2D eigenvalue weighted by Gasteiger charge is -2.04. The molecule has 1 aromatic rings. The lowest BCUT2D eigenvalue weighted by molar-refractivity contribution is 0.395. The first-order valence-electron chi connectivity index (χ1n) is 3.46. The van der Waals surface area contributed by atoms with Crippen molar-refractivity contribution < 1.29 is 9.47 Å². The Labute approximate surface area is 67.5 Å². The third kappa shape index (κ3) is 1.90. The zero-order valence-electron chi connectivity index (χ0n) is 7.05. The van der Waals surface area contributed by atoms with Crippen LogP contribution in [0.4, 0.5) is 0 Å². The molecular weight excluding hydrogens is 139 g/mol. The molecular formula is C8H11BO2. The number of hydrogen-bond acceptors (Lipinski definition) is 2. The van der Waals surface area contributed by atoms with E-state index in [-0.39, 0.29) is 0 Å². The maximum atomic E-state index is 5.06. The van der Waals surface area contributed by atoms with Crippen molar-refractivity contribution in [1.29, 1.82) is 0 Å². The molecule has 0 N–H and O–H groups in total. The molecule has 0 fully saturated rings. The van der Waals surface area contributed by atoms with Crippen LogP contribution in [-0.2, 0) is 0 Å². The summed E-state index contributed by atoms with van der Waals surface area (Å²) in [6.07, 6.45) is 0. The molecule has 2 nitrogen and oxygen atoms in total. The Morgan fingerprint density at radius 3 is 1.82 bits per heavy atom. The number of benzene rings is 1. The van der Waals surface area contributed by atoms with Gasteiger partial charge in [-0.3, -0.25) is 0 Å². The molecule has 0 amide bonds. The van der Waals surface area contributed by atoms with Crippen LogP contribution in [0.2, 0.25) is 0 Å². The van der Waals surface area contributed by atoms with Gasteiger partial charge in [-0.05, 0) is 12.1 Å². The average molecular weight is 150 g/mol. The molecule has 3 heteroatoms. The molecule has 58 valence electrons. The number of hydrogen-bond donors (Lipinski definition) is 0. The molecule has 1 rings (SSSR count). The van der Waals surface area contributed by atoms with Gasteiger partial charge >= 0.3 is 0 Å². The molecule has 0 aliphatic rings. The standard InChI is InChI=1S/C8H11BO2/c1-10-7-3-6(9)4-8(5-7)11-2/h3-5H,9H2,1-2H3. The highest BCUT2D eigenvalue weighted by Gasteiger charge is 1.96. The van der Waals surface area contributed by atoms with E-state index in [0.29, 0.717) is 0 Å². The fraction of sp³-hybridized carbons (Fsp3) is 0.250. The van der Waals surface area contributed by atoms with Crippen LogP contribution in [-0.4, -0.2) is 22.1 Å². The monoisotopic (exact) mass is 150 g/mol. The maximum Gasteiger partial charge on any atom is 0.139 e. The Kier molecular flexibility index (Phi) is 2.42. The normalized spacial score (nSPS) is 9.27. The summed E-state index contributed by atoms with van der Waals surface area (Å²) in [7, 11) is 5.30. The molecule has 0 aliphatic carbocycles. The van der Waals surface area contributed by atoms with Crippen LogP contribution in [0, 0.1) is 0 Å². The molecule has 0 saturated carbocycles. The van der Waals surface area contributed by atoms with Gasteiger partial charge in [0.15, 0.2) is 0 Å². The van der Waals surface area contributed by atoms with Gasteiger partial charge in [-0.15, -0.1) is 0 Å². The minimum absolute atomic E-state index is 0.835. The van der Waals surface area contributed by atoms with E-state index in [9.17, 15) is 0 Å². The number of ether oxygens (including phenoxy) is 2. The van der Waals surface area contributed by atoms with E-state index in [0.717, 1.165) is 17.0 Å². The van der Waals surface area contributed by atoms with Crippen LogP contribution < -0.4 is 14.9 Å². The summed E-state index contributed by atoms with van der Waals surface area (Å²) in [5.74, 6) is 1.67. The molecule has 0 aromatic heterocycles. The van der Waals surface area contributed by atoms with Gasteiger partial charge in [0.05, 0.1) is 14.2 Å². The Balaban J connectivity index is 3.02. The minimum Gasteiger partial charge on any atom is -0.497 e. The van der Waals surface area contributed by atoms with Gasteiger partial charge in [0, 0.05) is 6.07 Å². The fourth-order valence-electron chi connectivity index (χ4n) is 0.950. The Morgan fingerprint density at radius 1 is 1.00 bits per heavy atom. The summed E-state index contributed by atoms with van der Waals surface area (Å²) >= 11 is 0. The van der Waals surface area contributed by atoms with Crippen molar-refractivity contribution in [3.8, 4) is 11.5 Å². The van der Waals surface area contributed by atoms with Gasteiger partial charge in [0.2, 0.25) is 0 Å². The molecule has 0 atom stereocenters. The van der Waals surface area contributed by atoms with Crippen LogP contribution in [0.3, 0.4) is 0 Å². The van der Waals surface area contributed by atoms with Crippen molar-refractivity contribution in [2.24, 2.45) is 0 Å². The zero-order valence-corrected chi connectivity index (χ0v) is 7.05. The van der Waals surface area contributed by atoms with Crippen molar-refractivity contribution in [1.82, 2.24) is 0 Å². The summed E-state index contributed by atoms with van der Waals surface area (Å²) in [6.45, 7) is 0. The van der Waals surface area contributed by atoms with E-state index in [4.69, 9.17) is 9.47 Å². The SMILES string of the molecule is Bc1cc(OC)cc(OC)c1. The quantitative estimate of drug-likeness (QED) is 0.550. The van der Waals surface area contributed by atoms with Crippen LogP contribution in [0.25, 0.3) is 0 Å². The molecule has 1 aromatic carbocycles. The highest BCUT2D eigenvalue weighted by atomic mass is 16.5. The van der Waals surface area contributed by atoms with E-state index in [1.807, 2.05) is 26.0 Å². The summed E-state index contributed by atoms with van der Waals surface area (Å²) < 4.78 is 10.1. The van der Waals surface area contributed by atoms with Gasteiger partial charge < -0.3 is 9.47 Å². The molecule has 0 unspecified atom stereocenters. The second kappa shape index (κ2) is 3.33. The van der Waals surface area contributed by atoms with Gasteiger partial charge in [-0.2, -0.15) is 0 Å². The third-order valence-electron chi connectivity index (χ3n) is 1.50. The molecule has 11 heavy (non-hydrogen) atoms. The van der Waals surface area contributed by atoms with E-state index in [2.05, 4.69) is 0 Å². The average Bonchev–Trinajstić information content (AvgIpc) is 2.03. The Hall–Kier alpha value is -1.12. The van der Waals surface area contributed by atoms with Crippen molar-refractivity contribution >= 4 is 13.3 Å². The summed E-state index contributed by atoms with van der Waals surface area (Å²) in [4.78, 5) is 0. The van der Waals surface area contributed by atoms with Gasteiger partial charge in [-0.25, -0.2) is 0 Å².